The van der Waals surface area contributed by atoms with E-state index in [1.807, 2.05) is 47.3 Å². The van der Waals surface area contributed by atoms with Gasteiger partial charge in [0.05, 0.1) is 6.54 Å². The second-order valence-electron chi connectivity index (χ2n) is 6.46. The Morgan fingerprint density at radius 1 is 1.03 bits per heavy atom. The van der Waals surface area contributed by atoms with Crippen molar-refractivity contribution >= 4 is 29.9 Å². The summed E-state index contributed by atoms with van der Waals surface area (Å²) in [5.74, 6) is 1.58. The Balaban J connectivity index is 0.00000320. The maximum Gasteiger partial charge on any atom is 0.191 e. The number of rotatable bonds is 9. The first-order valence-corrected chi connectivity index (χ1v) is 9.60. The zero-order chi connectivity index (χ0) is 20.3. The Morgan fingerprint density at radius 2 is 1.70 bits per heavy atom. The fraction of sp³-hybridized carbons (Fsp3) is 0.217. The van der Waals surface area contributed by atoms with Gasteiger partial charge in [-0.2, -0.15) is 5.10 Å². The molecule has 6 nitrogen and oxygen atoms in total. The molecule has 0 aliphatic heterocycles. The van der Waals surface area contributed by atoms with Crippen LogP contribution in [0.3, 0.4) is 0 Å². The van der Waals surface area contributed by atoms with Gasteiger partial charge in [-0.1, -0.05) is 55.1 Å². The third kappa shape index (κ3) is 6.91. The van der Waals surface area contributed by atoms with Gasteiger partial charge in [0.2, 0.25) is 0 Å². The van der Waals surface area contributed by atoms with Crippen molar-refractivity contribution in [1.29, 1.82) is 0 Å². The minimum Gasteiger partial charge on any atom is -0.489 e. The zero-order valence-corrected chi connectivity index (χ0v) is 19.5. The minimum absolute atomic E-state index is 0. The van der Waals surface area contributed by atoms with Gasteiger partial charge in [0.15, 0.2) is 5.96 Å². The van der Waals surface area contributed by atoms with E-state index >= 15 is 0 Å². The number of halogens is 1. The number of hydrogen-bond acceptors (Lipinski definition) is 3. The lowest BCUT2D eigenvalue weighted by Crippen LogP contribution is -2.36. The summed E-state index contributed by atoms with van der Waals surface area (Å²) in [5.41, 5.74) is 3.50. The average molecular weight is 517 g/mol. The Labute approximate surface area is 195 Å². The first kappa shape index (κ1) is 23.5. The molecule has 0 atom stereocenters. The standard InChI is InChI=1S/C23H27N5O.HI/c1-3-15-29-22-12-7-6-10-20(22)17-26-23(24-2)25-16-19-9-4-5-11-21(19)18-28-14-8-13-27-28;/h3-14H,1,15-18H2,2H3,(H2,24,25,26);1H. The lowest BCUT2D eigenvalue weighted by atomic mass is 10.1. The number of guanidine groups is 1. The van der Waals surface area contributed by atoms with Gasteiger partial charge in [0.25, 0.3) is 0 Å². The van der Waals surface area contributed by atoms with Crippen LogP contribution in [0.25, 0.3) is 0 Å². The normalized spacial score (nSPS) is 10.8. The van der Waals surface area contributed by atoms with Crippen molar-refractivity contribution in [3.05, 3.63) is 96.3 Å². The van der Waals surface area contributed by atoms with Crippen molar-refractivity contribution < 1.29 is 4.74 Å². The lowest BCUT2D eigenvalue weighted by Gasteiger charge is -2.16. The van der Waals surface area contributed by atoms with Crippen LogP contribution >= 0.6 is 24.0 Å². The summed E-state index contributed by atoms with van der Waals surface area (Å²) < 4.78 is 7.64. The van der Waals surface area contributed by atoms with E-state index < -0.39 is 0 Å². The first-order valence-electron chi connectivity index (χ1n) is 9.60. The van der Waals surface area contributed by atoms with Gasteiger partial charge >= 0.3 is 0 Å². The van der Waals surface area contributed by atoms with Crippen LogP contribution in [-0.4, -0.2) is 29.4 Å². The summed E-state index contributed by atoms with van der Waals surface area (Å²) in [6, 6.07) is 18.2. The number of aliphatic imine (C=N–C) groups is 1. The molecular formula is C23H28IN5O. The van der Waals surface area contributed by atoms with Gasteiger partial charge < -0.3 is 15.4 Å². The van der Waals surface area contributed by atoms with E-state index in [0.717, 1.165) is 23.8 Å². The van der Waals surface area contributed by atoms with E-state index in [4.69, 9.17) is 4.74 Å². The number of benzene rings is 2. The molecule has 0 amide bonds. The van der Waals surface area contributed by atoms with Crippen molar-refractivity contribution in [2.75, 3.05) is 13.7 Å². The number of para-hydroxylation sites is 1. The molecule has 7 heteroatoms. The van der Waals surface area contributed by atoms with E-state index in [9.17, 15) is 0 Å². The highest BCUT2D eigenvalue weighted by atomic mass is 127. The molecule has 3 aromatic rings. The van der Waals surface area contributed by atoms with Crippen LogP contribution < -0.4 is 15.4 Å². The number of nitrogens with one attached hydrogen (secondary N) is 2. The molecule has 2 aromatic carbocycles. The van der Waals surface area contributed by atoms with E-state index in [-0.39, 0.29) is 24.0 Å². The molecule has 0 saturated carbocycles. The fourth-order valence-electron chi connectivity index (χ4n) is 2.97. The third-order valence-electron chi connectivity index (χ3n) is 4.46. The summed E-state index contributed by atoms with van der Waals surface area (Å²) in [7, 11) is 1.77. The van der Waals surface area contributed by atoms with Crippen molar-refractivity contribution in [2.24, 2.45) is 4.99 Å². The molecule has 158 valence electrons. The van der Waals surface area contributed by atoms with Crippen LogP contribution in [0.15, 0.2) is 84.6 Å². The summed E-state index contributed by atoms with van der Waals surface area (Å²) >= 11 is 0. The van der Waals surface area contributed by atoms with E-state index in [0.29, 0.717) is 19.7 Å². The minimum atomic E-state index is 0. The summed E-state index contributed by atoms with van der Waals surface area (Å²) in [6.07, 6.45) is 5.51. The highest BCUT2D eigenvalue weighted by molar-refractivity contribution is 14.0. The number of hydrogen-bond donors (Lipinski definition) is 2. The van der Waals surface area contributed by atoms with Crippen LogP contribution in [-0.2, 0) is 19.6 Å². The van der Waals surface area contributed by atoms with Crippen LogP contribution in [0, 0.1) is 0 Å². The number of nitrogens with zero attached hydrogens (tertiary/aromatic N) is 3. The molecule has 0 saturated heterocycles. The van der Waals surface area contributed by atoms with Gasteiger partial charge in [-0.3, -0.25) is 9.67 Å². The fourth-order valence-corrected chi connectivity index (χ4v) is 2.97. The maximum atomic E-state index is 5.72. The van der Waals surface area contributed by atoms with Crippen molar-refractivity contribution in [3.63, 3.8) is 0 Å². The van der Waals surface area contributed by atoms with Crippen LogP contribution in [0.4, 0.5) is 0 Å². The predicted octanol–water partition coefficient (Wildman–Crippen LogP) is 3.98. The molecule has 0 radical (unpaired) electrons. The number of ether oxygens (including phenoxy) is 1. The molecule has 2 N–H and O–H groups in total. The van der Waals surface area contributed by atoms with Crippen molar-refractivity contribution in [2.45, 2.75) is 19.6 Å². The van der Waals surface area contributed by atoms with Crippen LogP contribution in [0.2, 0.25) is 0 Å². The Kier molecular flexibility index (Phi) is 9.93. The van der Waals surface area contributed by atoms with Gasteiger partial charge in [-0.05, 0) is 23.3 Å². The highest BCUT2D eigenvalue weighted by Crippen LogP contribution is 2.17. The molecule has 1 aromatic heterocycles. The molecule has 3 rings (SSSR count). The van der Waals surface area contributed by atoms with Crippen molar-refractivity contribution in [3.8, 4) is 5.75 Å². The molecule has 0 spiro atoms. The first-order chi connectivity index (χ1) is 14.3. The molecular weight excluding hydrogens is 489 g/mol. The van der Waals surface area contributed by atoms with Gasteiger partial charge in [0.1, 0.15) is 12.4 Å². The smallest absolute Gasteiger partial charge is 0.191 e. The van der Waals surface area contributed by atoms with E-state index in [1.54, 1.807) is 19.3 Å². The Bertz CT molecular complexity index is 940. The molecule has 0 unspecified atom stereocenters. The van der Waals surface area contributed by atoms with E-state index in [2.05, 4.69) is 45.5 Å². The third-order valence-corrected chi connectivity index (χ3v) is 4.46. The van der Waals surface area contributed by atoms with Gasteiger partial charge in [-0.15, -0.1) is 24.0 Å². The van der Waals surface area contributed by atoms with Gasteiger partial charge in [0, 0.05) is 38.1 Å². The molecule has 1 heterocycles. The second kappa shape index (κ2) is 12.7. The molecule has 0 fully saturated rings. The Morgan fingerprint density at radius 3 is 2.37 bits per heavy atom. The predicted molar refractivity (Wildman–Crippen MR) is 132 cm³/mol. The Hall–Kier alpha value is -2.81. The lowest BCUT2D eigenvalue weighted by molar-refractivity contribution is 0.358. The monoisotopic (exact) mass is 517 g/mol. The average Bonchev–Trinajstić information content (AvgIpc) is 3.27. The topological polar surface area (TPSA) is 63.5 Å². The number of aromatic nitrogens is 2. The SMILES string of the molecule is C=CCOc1ccccc1CNC(=NC)NCc1ccccc1Cn1cccn1.I. The summed E-state index contributed by atoms with van der Waals surface area (Å²) in [5, 5.41) is 11.0. The van der Waals surface area contributed by atoms with Crippen molar-refractivity contribution in [1.82, 2.24) is 20.4 Å². The summed E-state index contributed by atoms with van der Waals surface area (Å²) in [4.78, 5) is 4.34. The molecule has 0 bridgehead atoms. The van der Waals surface area contributed by atoms with Gasteiger partial charge in [-0.25, -0.2) is 0 Å². The quantitative estimate of drug-likeness (QED) is 0.195. The van der Waals surface area contributed by atoms with E-state index in [1.165, 1.54) is 11.1 Å². The summed E-state index contributed by atoms with van der Waals surface area (Å²) in [6.45, 7) is 6.21. The van der Waals surface area contributed by atoms with Crippen LogP contribution in [0.1, 0.15) is 16.7 Å². The second-order valence-corrected chi connectivity index (χ2v) is 6.46. The zero-order valence-electron chi connectivity index (χ0n) is 17.1. The largest absolute Gasteiger partial charge is 0.489 e. The highest BCUT2D eigenvalue weighted by Gasteiger charge is 2.06. The molecule has 30 heavy (non-hydrogen) atoms. The maximum absolute atomic E-state index is 5.72. The molecule has 0 aliphatic carbocycles. The molecule has 0 aliphatic rings. The van der Waals surface area contributed by atoms with Crippen LogP contribution in [0.5, 0.6) is 5.75 Å².